The van der Waals surface area contributed by atoms with Gasteiger partial charge in [-0.25, -0.2) is 4.79 Å². The maximum Gasteiger partial charge on any atom is 0.341 e. The lowest BCUT2D eigenvalue weighted by Gasteiger charge is -2.04. The lowest BCUT2D eigenvalue weighted by atomic mass is 10.1. The number of halogens is 1. The molecule has 0 saturated carbocycles. The van der Waals surface area contributed by atoms with E-state index in [1.165, 1.54) is 7.11 Å². The molecule has 2 rings (SSSR count). The normalized spacial score (nSPS) is 10.4. The molecule has 18 heavy (non-hydrogen) atoms. The van der Waals surface area contributed by atoms with Gasteiger partial charge in [-0.15, -0.1) is 0 Å². The average Bonchev–Trinajstić information content (AvgIpc) is 2.70. The topological polar surface area (TPSA) is 72.6 Å². The van der Waals surface area contributed by atoms with Crippen molar-refractivity contribution in [1.29, 1.82) is 0 Å². The van der Waals surface area contributed by atoms with Gasteiger partial charge in [0.1, 0.15) is 22.8 Å². The summed E-state index contributed by atoms with van der Waals surface area (Å²) in [6.07, 6.45) is 0. The second-order valence-corrected chi connectivity index (χ2v) is 4.56. The van der Waals surface area contributed by atoms with E-state index in [0.717, 1.165) is 4.47 Å². The van der Waals surface area contributed by atoms with Crippen LogP contribution in [-0.2, 0) is 0 Å². The van der Waals surface area contributed by atoms with E-state index in [4.69, 9.17) is 14.4 Å². The van der Waals surface area contributed by atoms with Gasteiger partial charge in [-0.2, -0.15) is 0 Å². The Kier molecular flexibility index (Phi) is 3.38. The molecule has 0 spiro atoms. The largest absolute Gasteiger partial charge is 0.497 e. The van der Waals surface area contributed by atoms with Gasteiger partial charge in [0.05, 0.1) is 7.11 Å². The van der Waals surface area contributed by atoms with E-state index in [9.17, 15) is 4.79 Å². The van der Waals surface area contributed by atoms with Crippen LogP contribution in [0.3, 0.4) is 0 Å². The highest BCUT2D eigenvalue weighted by molar-refractivity contribution is 9.10. The van der Waals surface area contributed by atoms with Crippen LogP contribution in [0.4, 0.5) is 0 Å². The Hall–Kier alpha value is -1.82. The number of carboxylic acids is 1. The standard InChI is InChI=1S/C12H10BrNO4/c1-6-10(12(15)16)11(14-18-6)7-3-8(13)5-9(4-7)17-2/h3-5H,1-2H3,(H,15,16). The average molecular weight is 312 g/mol. The zero-order valence-electron chi connectivity index (χ0n) is 9.73. The van der Waals surface area contributed by atoms with Gasteiger partial charge in [-0.05, 0) is 25.1 Å². The number of hydrogen-bond donors (Lipinski definition) is 1. The Morgan fingerprint density at radius 3 is 2.78 bits per heavy atom. The zero-order chi connectivity index (χ0) is 13.3. The molecule has 0 aliphatic rings. The highest BCUT2D eigenvalue weighted by atomic mass is 79.9. The molecule has 0 aliphatic carbocycles. The van der Waals surface area contributed by atoms with Crippen molar-refractivity contribution in [3.8, 4) is 17.0 Å². The van der Waals surface area contributed by atoms with Crippen LogP contribution >= 0.6 is 15.9 Å². The molecular formula is C12H10BrNO4. The van der Waals surface area contributed by atoms with Crippen molar-refractivity contribution in [2.75, 3.05) is 7.11 Å². The summed E-state index contributed by atoms with van der Waals surface area (Å²) in [6.45, 7) is 1.56. The smallest absolute Gasteiger partial charge is 0.341 e. The third-order valence-corrected chi connectivity index (χ3v) is 2.91. The van der Waals surface area contributed by atoms with E-state index in [1.54, 1.807) is 25.1 Å². The lowest BCUT2D eigenvalue weighted by Crippen LogP contribution is -1.99. The first kappa shape index (κ1) is 12.6. The van der Waals surface area contributed by atoms with Crippen LogP contribution in [-0.4, -0.2) is 23.3 Å². The summed E-state index contributed by atoms with van der Waals surface area (Å²) >= 11 is 3.33. The maximum absolute atomic E-state index is 11.2. The lowest BCUT2D eigenvalue weighted by molar-refractivity contribution is 0.0696. The third kappa shape index (κ3) is 2.24. The van der Waals surface area contributed by atoms with Gasteiger partial charge in [0.25, 0.3) is 0 Å². The second kappa shape index (κ2) is 4.81. The molecule has 1 N–H and O–H groups in total. The fraction of sp³-hybridized carbons (Fsp3) is 0.167. The Balaban J connectivity index is 2.62. The monoisotopic (exact) mass is 311 g/mol. The van der Waals surface area contributed by atoms with Crippen molar-refractivity contribution in [3.63, 3.8) is 0 Å². The predicted molar refractivity (Wildman–Crippen MR) is 67.9 cm³/mol. The summed E-state index contributed by atoms with van der Waals surface area (Å²) in [5.74, 6) is -0.185. The summed E-state index contributed by atoms with van der Waals surface area (Å²) in [4.78, 5) is 11.2. The van der Waals surface area contributed by atoms with Gasteiger partial charge >= 0.3 is 5.97 Å². The summed E-state index contributed by atoms with van der Waals surface area (Å²) in [5, 5.41) is 12.9. The molecule has 0 bridgehead atoms. The van der Waals surface area contributed by atoms with Crippen LogP contribution in [0.15, 0.2) is 27.2 Å². The summed E-state index contributed by atoms with van der Waals surface area (Å²) in [6, 6.07) is 5.23. The number of aryl methyl sites for hydroxylation is 1. The van der Waals surface area contributed by atoms with Crippen LogP contribution < -0.4 is 4.74 Å². The van der Waals surface area contributed by atoms with Crippen LogP contribution in [0, 0.1) is 6.92 Å². The van der Waals surface area contributed by atoms with Crippen LogP contribution in [0.5, 0.6) is 5.75 Å². The van der Waals surface area contributed by atoms with Crippen LogP contribution in [0.1, 0.15) is 16.1 Å². The van der Waals surface area contributed by atoms with E-state index in [-0.39, 0.29) is 11.3 Å². The zero-order valence-corrected chi connectivity index (χ0v) is 11.3. The van der Waals surface area contributed by atoms with Crippen molar-refractivity contribution < 1.29 is 19.2 Å². The highest BCUT2D eigenvalue weighted by Gasteiger charge is 2.21. The second-order valence-electron chi connectivity index (χ2n) is 3.65. The molecule has 0 aliphatic heterocycles. The molecule has 94 valence electrons. The number of benzene rings is 1. The SMILES string of the molecule is COc1cc(Br)cc(-c2noc(C)c2C(=O)O)c1. The molecule has 0 atom stereocenters. The molecule has 0 amide bonds. The minimum atomic E-state index is -1.07. The van der Waals surface area contributed by atoms with E-state index in [0.29, 0.717) is 17.0 Å². The molecule has 0 radical (unpaired) electrons. The molecule has 0 unspecified atom stereocenters. The number of ether oxygens (including phenoxy) is 1. The molecule has 0 fully saturated rings. The number of methoxy groups -OCH3 is 1. The van der Waals surface area contributed by atoms with Crippen LogP contribution in [0.25, 0.3) is 11.3 Å². The quantitative estimate of drug-likeness (QED) is 0.942. The third-order valence-electron chi connectivity index (χ3n) is 2.46. The minimum absolute atomic E-state index is 0.0650. The molecule has 1 aromatic heterocycles. The fourth-order valence-electron chi connectivity index (χ4n) is 1.64. The van der Waals surface area contributed by atoms with Gasteiger partial charge in [0.2, 0.25) is 0 Å². The number of nitrogens with zero attached hydrogens (tertiary/aromatic N) is 1. The van der Waals surface area contributed by atoms with E-state index < -0.39 is 5.97 Å². The molecule has 1 aromatic carbocycles. The van der Waals surface area contributed by atoms with Crippen LogP contribution in [0.2, 0.25) is 0 Å². The molecule has 2 aromatic rings. The number of aromatic carboxylic acids is 1. The first-order valence-corrected chi connectivity index (χ1v) is 5.86. The Labute approximate surface area is 111 Å². The minimum Gasteiger partial charge on any atom is -0.497 e. The van der Waals surface area contributed by atoms with Gasteiger partial charge in [0, 0.05) is 10.0 Å². The fourth-order valence-corrected chi connectivity index (χ4v) is 2.11. The van der Waals surface area contributed by atoms with E-state index >= 15 is 0 Å². The summed E-state index contributed by atoms with van der Waals surface area (Å²) < 4.78 is 10.8. The van der Waals surface area contributed by atoms with Crippen molar-refractivity contribution in [2.24, 2.45) is 0 Å². The molecule has 5 nitrogen and oxygen atoms in total. The first-order chi connectivity index (χ1) is 8.52. The van der Waals surface area contributed by atoms with Gasteiger partial charge in [-0.3, -0.25) is 0 Å². The number of rotatable bonds is 3. The van der Waals surface area contributed by atoms with Crippen molar-refractivity contribution in [3.05, 3.63) is 34.0 Å². The van der Waals surface area contributed by atoms with Gasteiger partial charge in [-0.1, -0.05) is 21.1 Å². The molecule has 6 heteroatoms. The number of hydrogen-bond acceptors (Lipinski definition) is 4. The number of carbonyl (C=O) groups is 1. The van der Waals surface area contributed by atoms with E-state index in [1.807, 2.05) is 0 Å². The Morgan fingerprint density at radius 1 is 1.44 bits per heavy atom. The Bertz CT molecular complexity index is 606. The Morgan fingerprint density at radius 2 is 2.17 bits per heavy atom. The number of carboxylic acid groups (broad SMARTS) is 1. The summed E-state index contributed by atoms with van der Waals surface area (Å²) in [5.41, 5.74) is 0.977. The summed E-state index contributed by atoms with van der Waals surface area (Å²) in [7, 11) is 1.54. The van der Waals surface area contributed by atoms with Crippen molar-refractivity contribution in [2.45, 2.75) is 6.92 Å². The van der Waals surface area contributed by atoms with Crippen molar-refractivity contribution in [1.82, 2.24) is 5.16 Å². The molecule has 0 saturated heterocycles. The van der Waals surface area contributed by atoms with Gasteiger partial charge in [0.15, 0.2) is 0 Å². The van der Waals surface area contributed by atoms with Crippen molar-refractivity contribution >= 4 is 21.9 Å². The highest BCUT2D eigenvalue weighted by Crippen LogP contribution is 2.31. The molecular weight excluding hydrogens is 302 g/mol. The van der Waals surface area contributed by atoms with E-state index in [2.05, 4.69) is 21.1 Å². The first-order valence-electron chi connectivity index (χ1n) is 5.07. The number of aromatic nitrogens is 1. The predicted octanol–water partition coefficient (Wildman–Crippen LogP) is 3.12. The van der Waals surface area contributed by atoms with Gasteiger partial charge < -0.3 is 14.4 Å². The maximum atomic E-state index is 11.2. The molecule has 1 heterocycles.